The SMILES string of the molecule is CC(C)c1ccc2c(c1N(c1ccccc1)c1cc3c(cc1-c1ccc4c(c1)C(C)(C)CCC4(C)C)-c1ccccc1C31c3ccccc3-c3ccccc31)CCCC2. The molecule has 0 bridgehead atoms. The van der Waals surface area contributed by atoms with Crippen LogP contribution in [0.3, 0.4) is 0 Å². The smallest absolute Gasteiger partial charge is 0.0726 e. The highest BCUT2D eigenvalue weighted by molar-refractivity contribution is 6.00. The number of hydrogen-bond donors (Lipinski definition) is 0. The van der Waals surface area contributed by atoms with Crippen molar-refractivity contribution in [1.29, 1.82) is 0 Å². The Hall–Kier alpha value is -5.66. The molecular formula is C58H55N. The predicted molar refractivity (Wildman–Crippen MR) is 249 cm³/mol. The molecule has 0 fully saturated rings. The van der Waals surface area contributed by atoms with Crippen LogP contribution in [0.15, 0.2) is 146 Å². The van der Waals surface area contributed by atoms with Gasteiger partial charge in [-0.1, -0.05) is 163 Å². The van der Waals surface area contributed by atoms with Gasteiger partial charge < -0.3 is 4.90 Å². The van der Waals surface area contributed by atoms with Gasteiger partial charge in [-0.2, -0.15) is 0 Å². The van der Waals surface area contributed by atoms with Crippen LogP contribution in [-0.4, -0.2) is 0 Å². The number of rotatable bonds is 5. The summed E-state index contributed by atoms with van der Waals surface area (Å²) >= 11 is 0. The summed E-state index contributed by atoms with van der Waals surface area (Å²) in [6, 6.07) is 56.7. The van der Waals surface area contributed by atoms with Gasteiger partial charge in [0.15, 0.2) is 0 Å². The molecule has 0 radical (unpaired) electrons. The number of para-hydroxylation sites is 1. The molecule has 1 nitrogen and oxygen atoms in total. The summed E-state index contributed by atoms with van der Waals surface area (Å²) in [7, 11) is 0. The molecule has 0 aromatic heterocycles. The normalized spacial score (nSPS) is 17.1. The van der Waals surface area contributed by atoms with Gasteiger partial charge in [0, 0.05) is 11.3 Å². The van der Waals surface area contributed by atoms with Crippen molar-refractivity contribution in [2.75, 3.05) is 4.90 Å². The molecule has 0 amide bonds. The lowest BCUT2D eigenvalue weighted by atomic mass is 9.63. The molecule has 0 aliphatic heterocycles. The van der Waals surface area contributed by atoms with Gasteiger partial charge >= 0.3 is 0 Å². The van der Waals surface area contributed by atoms with E-state index < -0.39 is 5.41 Å². The van der Waals surface area contributed by atoms with E-state index in [-0.39, 0.29) is 10.8 Å². The Kier molecular flexibility index (Phi) is 8.13. The lowest BCUT2D eigenvalue weighted by Gasteiger charge is -2.42. The summed E-state index contributed by atoms with van der Waals surface area (Å²) in [6.45, 7) is 14.6. The molecule has 0 N–H and O–H groups in total. The van der Waals surface area contributed by atoms with Crippen LogP contribution in [0.5, 0.6) is 0 Å². The van der Waals surface area contributed by atoms with Gasteiger partial charge in [-0.25, -0.2) is 0 Å². The van der Waals surface area contributed by atoms with Crippen LogP contribution in [0, 0.1) is 0 Å². The van der Waals surface area contributed by atoms with Crippen LogP contribution >= 0.6 is 0 Å². The van der Waals surface area contributed by atoms with Crippen LogP contribution in [0.1, 0.15) is 123 Å². The predicted octanol–water partition coefficient (Wildman–Crippen LogP) is 15.5. The molecule has 1 heteroatoms. The average Bonchev–Trinajstić information content (AvgIpc) is 3.72. The minimum absolute atomic E-state index is 0.0914. The summed E-state index contributed by atoms with van der Waals surface area (Å²) in [4.78, 5) is 2.70. The molecule has 0 unspecified atom stereocenters. The molecule has 1 spiro atoms. The van der Waals surface area contributed by atoms with Crippen molar-refractivity contribution in [2.24, 2.45) is 0 Å². The van der Waals surface area contributed by atoms with Gasteiger partial charge in [0.1, 0.15) is 0 Å². The van der Waals surface area contributed by atoms with Crippen molar-refractivity contribution in [3.05, 3.63) is 196 Å². The van der Waals surface area contributed by atoms with Crippen molar-refractivity contribution in [2.45, 2.75) is 102 Å². The third kappa shape index (κ3) is 5.22. The third-order valence-electron chi connectivity index (χ3n) is 14.9. The van der Waals surface area contributed by atoms with Gasteiger partial charge in [-0.3, -0.25) is 0 Å². The van der Waals surface area contributed by atoms with Crippen molar-refractivity contribution in [3.8, 4) is 33.4 Å². The Labute approximate surface area is 351 Å². The van der Waals surface area contributed by atoms with Crippen LogP contribution in [0.4, 0.5) is 17.1 Å². The van der Waals surface area contributed by atoms with E-state index in [2.05, 4.69) is 192 Å². The summed E-state index contributed by atoms with van der Waals surface area (Å²) in [5.74, 6) is 0.359. The molecule has 0 atom stereocenters. The van der Waals surface area contributed by atoms with E-state index in [0.717, 1.165) is 12.8 Å². The molecule has 0 saturated carbocycles. The molecule has 292 valence electrons. The van der Waals surface area contributed by atoms with Crippen LogP contribution in [-0.2, 0) is 29.1 Å². The molecule has 11 rings (SSSR count). The molecular weight excluding hydrogens is 711 g/mol. The van der Waals surface area contributed by atoms with E-state index in [1.807, 2.05) is 0 Å². The summed E-state index contributed by atoms with van der Waals surface area (Å²) in [6.07, 6.45) is 7.12. The first-order valence-electron chi connectivity index (χ1n) is 22.2. The van der Waals surface area contributed by atoms with E-state index >= 15 is 0 Å². The number of hydrogen-bond acceptors (Lipinski definition) is 1. The van der Waals surface area contributed by atoms with Crippen LogP contribution in [0.25, 0.3) is 33.4 Å². The average molecular weight is 766 g/mol. The highest BCUT2D eigenvalue weighted by Gasteiger charge is 2.52. The molecule has 4 aliphatic carbocycles. The maximum Gasteiger partial charge on any atom is 0.0726 e. The first-order chi connectivity index (χ1) is 28.6. The van der Waals surface area contributed by atoms with Crippen molar-refractivity contribution >= 4 is 17.1 Å². The Bertz CT molecular complexity index is 2770. The van der Waals surface area contributed by atoms with E-state index in [1.165, 1.54) is 126 Å². The molecule has 7 aromatic rings. The zero-order chi connectivity index (χ0) is 40.3. The lowest BCUT2D eigenvalue weighted by molar-refractivity contribution is 0.332. The number of benzene rings is 7. The van der Waals surface area contributed by atoms with Crippen molar-refractivity contribution in [1.82, 2.24) is 0 Å². The van der Waals surface area contributed by atoms with Crippen molar-refractivity contribution < 1.29 is 0 Å². The highest BCUT2D eigenvalue weighted by atomic mass is 15.2. The fraction of sp³-hybridized carbons (Fsp3) is 0.276. The monoisotopic (exact) mass is 765 g/mol. The standard InChI is InChI=1S/C58H55N/c1-37(2)41-30-28-38-18-10-11-21-42(38)55(41)59(40-19-8-7-9-20-40)54-36-52-47(35-46(54)39-29-31-51-53(34-39)57(5,6)33-32-56(51,3)4)45-24-14-17-27-50(45)58(52)48-25-15-12-22-43(48)44-23-13-16-26-49(44)58/h7-9,12-17,19-20,22-31,34-37H,10-11,18,21,32-33H2,1-6H3. The minimum Gasteiger partial charge on any atom is -0.309 e. The van der Waals surface area contributed by atoms with Crippen LogP contribution in [0.2, 0.25) is 0 Å². The Morgan fingerprint density at radius 1 is 0.475 bits per heavy atom. The Morgan fingerprint density at radius 2 is 1.05 bits per heavy atom. The van der Waals surface area contributed by atoms with Crippen LogP contribution < -0.4 is 4.90 Å². The second-order valence-corrected chi connectivity index (χ2v) is 19.5. The van der Waals surface area contributed by atoms with E-state index in [0.29, 0.717) is 5.92 Å². The maximum absolute atomic E-state index is 2.70. The molecule has 7 aromatic carbocycles. The zero-order valence-corrected chi connectivity index (χ0v) is 35.6. The fourth-order valence-corrected chi connectivity index (χ4v) is 11.8. The first-order valence-corrected chi connectivity index (χ1v) is 22.2. The second kappa shape index (κ2) is 13.2. The van der Waals surface area contributed by atoms with Gasteiger partial charge in [-0.15, -0.1) is 0 Å². The molecule has 0 heterocycles. The Balaban J connectivity index is 1.30. The van der Waals surface area contributed by atoms with Gasteiger partial charge in [0.25, 0.3) is 0 Å². The van der Waals surface area contributed by atoms with E-state index in [9.17, 15) is 0 Å². The quantitative estimate of drug-likeness (QED) is 0.169. The number of fused-ring (bicyclic) bond motifs is 12. The van der Waals surface area contributed by atoms with Gasteiger partial charge in [0.05, 0.1) is 16.8 Å². The lowest BCUT2D eigenvalue weighted by Crippen LogP contribution is -2.33. The van der Waals surface area contributed by atoms with Gasteiger partial charge in [0.2, 0.25) is 0 Å². The molecule has 59 heavy (non-hydrogen) atoms. The number of anilines is 3. The fourth-order valence-electron chi connectivity index (χ4n) is 11.8. The maximum atomic E-state index is 2.70. The summed E-state index contributed by atoms with van der Waals surface area (Å²) < 4.78 is 0. The Morgan fingerprint density at radius 3 is 1.69 bits per heavy atom. The topological polar surface area (TPSA) is 3.24 Å². The zero-order valence-electron chi connectivity index (χ0n) is 35.6. The number of aryl methyl sites for hydroxylation is 1. The molecule has 4 aliphatic rings. The largest absolute Gasteiger partial charge is 0.309 e. The second-order valence-electron chi connectivity index (χ2n) is 19.5. The van der Waals surface area contributed by atoms with E-state index in [4.69, 9.17) is 0 Å². The van der Waals surface area contributed by atoms with Gasteiger partial charge in [-0.05, 0) is 157 Å². The summed E-state index contributed by atoms with van der Waals surface area (Å²) in [5, 5.41) is 0. The minimum atomic E-state index is -0.437. The highest BCUT2D eigenvalue weighted by Crippen LogP contribution is 2.64. The summed E-state index contributed by atoms with van der Waals surface area (Å²) in [5.41, 5.74) is 24.6. The number of nitrogens with zero attached hydrogens (tertiary/aromatic N) is 1. The van der Waals surface area contributed by atoms with E-state index in [1.54, 1.807) is 0 Å². The third-order valence-corrected chi connectivity index (χ3v) is 14.9. The first kappa shape index (κ1) is 36.4. The van der Waals surface area contributed by atoms with Crippen molar-refractivity contribution in [3.63, 3.8) is 0 Å². The molecule has 0 saturated heterocycles.